The summed E-state index contributed by atoms with van der Waals surface area (Å²) in [5.41, 5.74) is 1.90. The lowest BCUT2D eigenvalue weighted by atomic mass is 10.2. The number of thioether (sulfide) groups is 1. The van der Waals surface area contributed by atoms with Gasteiger partial charge in [-0.15, -0.1) is 10.2 Å². The van der Waals surface area contributed by atoms with Gasteiger partial charge in [-0.2, -0.15) is 0 Å². The Bertz CT molecular complexity index is 1150. The molecule has 30 heavy (non-hydrogen) atoms. The molecule has 0 amide bonds. The summed E-state index contributed by atoms with van der Waals surface area (Å²) in [7, 11) is 0. The van der Waals surface area contributed by atoms with Gasteiger partial charge in [0.15, 0.2) is 11.0 Å². The van der Waals surface area contributed by atoms with Crippen molar-refractivity contribution < 1.29 is 4.74 Å². The third-order valence-corrected chi connectivity index (χ3v) is 6.11. The number of ether oxygens (including phenoxy) is 1. The van der Waals surface area contributed by atoms with Crippen LogP contribution in [0.2, 0.25) is 10.0 Å². The largest absolute Gasteiger partial charge is 0.457 e. The summed E-state index contributed by atoms with van der Waals surface area (Å²) in [6, 6.07) is 23.1. The molecule has 4 nitrogen and oxygen atoms in total. The van der Waals surface area contributed by atoms with E-state index < -0.39 is 0 Å². The molecule has 0 atom stereocenters. The average molecular weight is 456 g/mol. The zero-order chi connectivity index (χ0) is 20.9. The molecule has 1 aromatic heterocycles. The molecule has 4 rings (SSSR count). The number of aromatic nitrogens is 3. The standard InChI is InChI=1S/C23H19Cl2N3OS/c1-2-28-22(19-10-6-7-11-21(19)29-18-8-4-3-5-9-18)26-27-23(28)30-15-16-12-13-17(24)14-20(16)25/h3-14H,2,15H2,1H3. The molecule has 0 N–H and O–H groups in total. The molecule has 1 heterocycles. The second-order valence-electron chi connectivity index (χ2n) is 6.49. The van der Waals surface area contributed by atoms with Crippen LogP contribution in [0.1, 0.15) is 12.5 Å². The van der Waals surface area contributed by atoms with Crippen molar-refractivity contribution >= 4 is 35.0 Å². The second-order valence-corrected chi connectivity index (χ2v) is 8.27. The Morgan fingerprint density at radius 2 is 1.70 bits per heavy atom. The molecule has 0 aliphatic heterocycles. The third kappa shape index (κ3) is 4.64. The van der Waals surface area contributed by atoms with E-state index in [2.05, 4.69) is 21.7 Å². The molecule has 152 valence electrons. The summed E-state index contributed by atoms with van der Waals surface area (Å²) in [5, 5.41) is 11.0. The van der Waals surface area contributed by atoms with Crippen molar-refractivity contribution in [1.82, 2.24) is 14.8 Å². The van der Waals surface area contributed by atoms with Gasteiger partial charge in [0.1, 0.15) is 11.5 Å². The number of nitrogens with zero attached hydrogens (tertiary/aromatic N) is 3. The number of rotatable bonds is 7. The molecular weight excluding hydrogens is 437 g/mol. The van der Waals surface area contributed by atoms with Crippen molar-refractivity contribution in [2.45, 2.75) is 24.4 Å². The van der Waals surface area contributed by atoms with Crippen molar-refractivity contribution in [2.75, 3.05) is 0 Å². The fourth-order valence-electron chi connectivity index (χ4n) is 3.02. The van der Waals surface area contributed by atoms with Crippen LogP contribution in [0.4, 0.5) is 0 Å². The minimum atomic E-state index is 0.628. The van der Waals surface area contributed by atoms with Gasteiger partial charge in [-0.3, -0.25) is 0 Å². The molecule has 0 aliphatic carbocycles. The Morgan fingerprint density at radius 3 is 2.47 bits per heavy atom. The molecule has 0 saturated heterocycles. The quantitative estimate of drug-likeness (QED) is 0.273. The van der Waals surface area contributed by atoms with Crippen LogP contribution in [-0.2, 0) is 12.3 Å². The highest BCUT2D eigenvalue weighted by molar-refractivity contribution is 7.98. The Hall–Kier alpha value is -2.47. The Morgan fingerprint density at radius 1 is 0.933 bits per heavy atom. The molecule has 0 unspecified atom stereocenters. The highest BCUT2D eigenvalue weighted by Crippen LogP contribution is 2.35. The van der Waals surface area contributed by atoms with E-state index in [4.69, 9.17) is 27.9 Å². The van der Waals surface area contributed by atoms with Crippen LogP contribution in [0.3, 0.4) is 0 Å². The predicted octanol–water partition coefficient (Wildman–Crippen LogP) is 7.36. The van der Waals surface area contributed by atoms with Gasteiger partial charge in [0.2, 0.25) is 0 Å². The van der Waals surface area contributed by atoms with Crippen LogP contribution in [-0.4, -0.2) is 14.8 Å². The number of benzene rings is 3. The van der Waals surface area contributed by atoms with E-state index in [1.165, 1.54) is 0 Å². The summed E-state index contributed by atoms with van der Waals surface area (Å²) < 4.78 is 8.20. The maximum atomic E-state index is 6.31. The first kappa shape index (κ1) is 20.8. The second kappa shape index (κ2) is 9.56. The zero-order valence-corrected chi connectivity index (χ0v) is 18.6. The van der Waals surface area contributed by atoms with Crippen molar-refractivity contribution in [3.05, 3.63) is 88.4 Å². The minimum absolute atomic E-state index is 0.628. The number of hydrogen-bond acceptors (Lipinski definition) is 4. The summed E-state index contributed by atoms with van der Waals surface area (Å²) in [6.45, 7) is 2.81. The van der Waals surface area contributed by atoms with E-state index in [0.29, 0.717) is 15.8 Å². The molecule has 4 aromatic rings. The molecule has 0 saturated carbocycles. The zero-order valence-electron chi connectivity index (χ0n) is 16.3. The van der Waals surface area contributed by atoms with E-state index in [1.807, 2.05) is 66.7 Å². The van der Waals surface area contributed by atoms with Gasteiger partial charge in [-0.05, 0) is 48.9 Å². The number of halogens is 2. The van der Waals surface area contributed by atoms with Gasteiger partial charge in [-0.25, -0.2) is 0 Å². The maximum Gasteiger partial charge on any atom is 0.191 e. The van der Waals surface area contributed by atoms with Gasteiger partial charge in [-0.1, -0.05) is 71.4 Å². The predicted molar refractivity (Wildman–Crippen MR) is 124 cm³/mol. The van der Waals surface area contributed by atoms with Crippen molar-refractivity contribution in [3.63, 3.8) is 0 Å². The van der Waals surface area contributed by atoms with Gasteiger partial charge >= 0.3 is 0 Å². The summed E-state index contributed by atoms with van der Waals surface area (Å²) in [5.74, 6) is 2.97. The van der Waals surface area contributed by atoms with Crippen LogP contribution >= 0.6 is 35.0 Å². The van der Waals surface area contributed by atoms with E-state index in [1.54, 1.807) is 17.8 Å². The van der Waals surface area contributed by atoms with Crippen molar-refractivity contribution in [2.24, 2.45) is 0 Å². The first-order valence-electron chi connectivity index (χ1n) is 9.48. The van der Waals surface area contributed by atoms with Crippen molar-refractivity contribution in [1.29, 1.82) is 0 Å². The van der Waals surface area contributed by atoms with Gasteiger partial charge in [0.05, 0.1) is 5.56 Å². The Balaban J connectivity index is 1.61. The van der Waals surface area contributed by atoms with Crippen molar-refractivity contribution in [3.8, 4) is 22.9 Å². The maximum absolute atomic E-state index is 6.31. The summed E-state index contributed by atoms with van der Waals surface area (Å²) in [4.78, 5) is 0. The van der Waals surface area contributed by atoms with Gasteiger partial charge in [0.25, 0.3) is 0 Å². The summed E-state index contributed by atoms with van der Waals surface area (Å²) in [6.07, 6.45) is 0. The molecule has 7 heteroatoms. The molecule has 0 bridgehead atoms. The normalized spacial score (nSPS) is 10.9. The molecular formula is C23H19Cl2N3OS. The first-order chi connectivity index (χ1) is 14.7. The SMILES string of the molecule is CCn1c(SCc2ccc(Cl)cc2Cl)nnc1-c1ccccc1Oc1ccccc1. The van der Waals surface area contributed by atoms with E-state index in [9.17, 15) is 0 Å². The lowest BCUT2D eigenvalue weighted by Gasteiger charge is -2.12. The molecule has 0 aliphatic rings. The molecule has 0 fully saturated rings. The smallest absolute Gasteiger partial charge is 0.191 e. The van der Waals surface area contributed by atoms with Crippen LogP contribution in [0.15, 0.2) is 78.0 Å². The Labute approximate surface area is 189 Å². The van der Waals surface area contributed by atoms with Crippen LogP contribution < -0.4 is 4.74 Å². The monoisotopic (exact) mass is 455 g/mol. The Kier molecular flexibility index (Phi) is 6.62. The minimum Gasteiger partial charge on any atom is -0.457 e. The highest BCUT2D eigenvalue weighted by Gasteiger charge is 2.17. The third-order valence-electron chi connectivity index (χ3n) is 4.50. The number of para-hydroxylation sites is 2. The summed E-state index contributed by atoms with van der Waals surface area (Å²) >= 11 is 13.9. The number of hydrogen-bond donors (Lipinski definition) is 0. The average Bonchev–Trinajstić information content (AvgIpc) is 3.17. The highest BCUT2D eigenvalue weighted by atomic mass is 35.5. The molecule has 0 radical (unpaired) electrons. The lowest BCUT2D eigenvalue weighted by molar-refractivity contribution is 0.483. The van der Waals surface area contributed by atoms with Crippen LogP contribution in [0.25, 0.3) is 11.4 Å². The fourth-order valence-corrected chi connectivity index (χ4v) is 4.58. The van der Waals surface area contributed by atoms with Gasteiger partial charge in [0, 0.05) is 22.3 Å². The van der Waals surface area contributed by atoms with Gasteiger partial charge < -0.3 is 9.30 Å². The molecule has 0 spiro atoms. The lowest BCUT2D eigenvalue weighted by Crippen LogP contribution is -2.01. The topological polar surface area (TPSA) is 39.9 Å². The van der Waals surface area contributed by atoms with Crippen LogP contribution in [0, 0.1) is 0 Å². The van der Waals surface area contributed by atoms with E-state index in [-0.39, 0.29) is 0 Å². The molecule has 3 aromatic carbocycles. The van der Waals surface area contributed by atoms with E-state index in [0.717, 1.165) is 40.2 Å². The first-order valence-corrected chi connectivity index (χ1v) is 11.2. The fraction of sp³-hybridized carbons (Fsp3) is 0.130. The van der Waals surface area contributed by atoms with E-state index >= 15 is 0 Å². The van der Waals surface area contributed by atoms with Crippen LogP contribution in [0.5, 0.6) is 11.5 Å².